The van der Waals surface area contributed by atoms with Gasteiger partial charge in [-0.3, -0.25) is 0 Å². The zero-order valence-corrected chi connectivity index (χ0v) is 18.8. The van der Waals surface area contributed by atoms with Crippen LogP contribution in [0.1, 0.15) is 11.1 Å². The van der Waals surface area contributed by atoms with E-state index in [-0.39, 0.29) is 0 Å². The molecule has 4 nitrogen and oxygen atoms in total. The molecule has 8 N–H and O–H groups in total. The summed E-state index contributed by atoms with van der Waals surface area (Å²) in [6, 6.07) is 29.4. The van der Waals surface area contributed by atoms with Gasteiger partial charge in [-0.05, 0) is 62.2 Å². The molecule has 6 aromatic carbocycles. The van der Waals surface area contributed by atoms with Gasteiger partial charge in [-0.1, -0.05) is 66.7 Å². The summed E-state index contributed by atoms with van der Waals surface area (Å²) in [5, 5.41) is 6.68. The van der Waals surface area contributed by atoms with Crippen molar-refractivity contribution in [2.75, 3.05) is 11.5 Å². The van der Waals surface area contributed by atoms with Crippen LogP contribution in [0.4, 0.5) is 11.4 Å². The van der Waals surface area contributed by atoms with Gasteiger partial charge in [0.05, 0.1) is 0 Å². The van der Waals surface area contributed by atoms with E-state index in [1.54, 1.807) is 0 Å². The van der Waals surface area contributed by atoms with Crippen molar-refractivity contribution in [1.29, 1.82) is 0 Å². The minimum Gasteiger partial charge on any atom is -0.398 e. The normalized spacial score (nSPS) is 11.7. The lowest BCUT2D eigenvalue weighted by Crippen LogP contribution is -2.01. The molecule has 166 valence electrons. The second-order valence-corrected chi connectivity index (χ2v) is 8.87. The van der Waals surface area contributed by atoms with E-state index in [1.807, 2.05) is 18.2 Å². The Bertz CT molecular complexity index is 1700. The van der Waals surface area contributed by atoms with Crippen molar-refractivity contribution in [3.05, 3.63) is 96.1 Å². The van der Waals surface area contributed by atoms with Crippen molar-refractivity contribution in [2.24, 2.45) is 11.5 Å². The molecular weight excluding hydrogens is 416 g/mol. The van der Waals surface area contributed by atoms with E-state index in [2.05, 4.69) is 66.7 Å². The lowest BCUT2D eigenvalue weighted by Gasteiger charge is -2.22. The molecule has 0 aromatic heterocycles. The second-order valence-electron chi connectivity index (χ2n) is 8.87. The van der Waals surface area contributed by atoms with E-state index in [4.69, 9.17) is 22.9 Å². The van der Waals surface area contributed by atoms with Gasteiger partial charge < -0.3 is 22.9 Å². The largest absolute Gasteiger partial charge is 0.398 e. The average molecular weight is 443 g/mol. The Morgan fingerprint density at radius 3 is 1.79 bits per heavy atom. The maximum atomic E-state index is 7.01. The molecule has 0 amide bonds. The number of hydrogen-bond donors (Lipinski definition) is 4. The van der Waals surface area contributed by atoms with Gasteiger partial charge in [0.1, 0.15) is 0 Å². The van der Waals surface area contributed by atoms with Crippen LogP contribution in [-0.4, -0.2) is 0 Å². The summed E-state index contributed by atoms with van der Waals surface area (Å²) in [7, 11) is 0. The van der Waals surface area contributed by atoms with E-state index >= 15 is 0 Å². The molecule has 6 rings (SSSR count). The second kappa shape index (κ2) is 7.73. The highest BCUT2D eigenvalue weighted by Crippen LogP contribution is 2.49. The summed E-state index contributed by atoms with van der Waals surface area (Å²) in [4.78, 5) is 0. The molecule has 0 unspecified atom stereocenters. The minimum absolute atomic E-state index is 0.472. The number of anilines is 2. The smallest absolute Gasteiger partial charge is 0.0480 e. The topological polar surface area (TPSA) is 104 Å². The molecule has 0 aliphatic carbocycles. The van der Waals surface area contributed by atoms with E-state index in [0.717, 1.165) is 77.1 Å². The monoisotopic (exact) mass is 442 g/mol. The molecule has 0 aliphatic rings. The quantitative estimate of drug-likeness (QED) is 0.198. The third kappa shape index (κ3) is 2.93. The van der Waals surface area contributed by atoms with Crippen LogP contribution in [-0.2, 0) is 13.1 Å². The van der Waals surface area contributed by atoms with Gasteiger partial charge in [0.15, 0.2) is 0 Å². The molecule has 6 aromatic rings. The molecule has 0 heterocycles. The predicted molar refractivity (Wildman–Crippen MR) is 146 cm³/mol. The summed E-state index contributed by atoms with van der Waals surface area (Å²) in [6.07, 6.45) is 0. The fraction of sp³-hybridized carbons (Fsp3) is 0.0667. The van der Waals surface area contributed by atoms with Crippen molar-refractivity contribution in [1.82, 2.24) is 0 Å². The van der Waals surface area contributed by atoms with Crippen molar-refractivity contribution >= 4 is 43.7 Å². The first-order valence-corrected chi connectivity index (χ1v) is 11.5. The molecule has 0 aliphatic heterocycles. The van der Waals surface area contributed by atoms with Crippen molar-refractivity contribution < 1.29 is 0 Å². The Morgan fingerprint density at radius 2 is 1.12 bits per heavy atom. The third-order valence-electron chi connectivity index (χ3n) is 6.93. The van der Waals surface area contributed by atoms with E-state index in [1.165, 1.54) is 0 Å². The first kappa shape index (κ1) is 20.5. The Hall–Kier alpha value is -4.12. The van der Waals surface area contributed by atoms with E-state index in [9.17, 15) is 0 Å². The molecule has 0 saturated heterocycles. The highest BCUT2D eigenvalue weighted by atomic mass is 14.6. The van der Waals surface area contributed by atoms with Crippen LogP contribution in [0.25, 0.3) is 54.6 Å². The Labute approximate surface area is 198 Å². The average Bonchev–Trinajstić information content (AvgIpc) is 2.89. The molecular formula is C30H26N4. The first-order valence-electron chi connectivity index (χ1n) is 11.5. The lowest BCUT2D eigenvalue weighted by atomic mass is 9.83. The molecule has 34 heavy (non-hydrogen) atoms. The predicted octanol–water partition coefficient (Wildman–Crippen LogP) is 6.00. The highest BCUT2D eigenvalue weighted by Gasteiger charge is 2.21. The van der Waals surface area contributed by atoms with Crippen LogP contribution in [0.3, 0.4) is 0 Å². The van der Waals surface area contributed by atoms with E-state index < -0.39 is 0 Å². The van der Waals surface area contributed by atoms with Gasteiger partial charge in [0.25, 0.3) is 0 Å². The summed E-state index contributed by atoms with van der Waals surface area (Å²) >= 11 is 0. The number of nitrogens with two attached hydrogens (primary N) is 4. The van der Waals surface area contributed by atoms with Gasteiger partial charge in [0, 0.05) is 46.2 Å². The van der Waals surface area contributed by atoms with Crippen LogP contribution >= 0.6 is 0 Å². The molecule has 0 spiro atoms. The maximum absolute atomic E-state index is 7.01. The van der Waals surface area contributed by atoms with Crippen LogP contribution in [0.2, 0.25) is 0 Å². The Balaban J connectivity index is 1.85. The summed E-state index contributed by atoms with van der Waals surface area (Å²) in [5.74, 6) is 0. The number of rotatable bonds is 4. The number of nitrogen functional groups attached to an aromatic ring is 2. The molecule has 0 radical (unpaired) electrons. The van der Waals surface area contributed by atoms with Crippen molar-refractivity contribution in [2.45, 2.75) is 13.1 Å². The van der Waals surface area contributed by atoms with Crippen molar-refractivity contribution in [3.8, 4) is 22.3 Å². The fourth-order valence-electron chi connectivity index (χ4n) is 5.31. The van der Waals surface area contributed by atoms with Gasteiger partial charge in [0.2, 0.25) is 0 Å². The number of hydrogen-bond acceptors (Lipinski definition) is 4. The van der Waals surface area contributed by atoms with Gasteiger partial charge in [-0.2, -0.15) is 0 Å². The Morgan fingerprint density at radius 1 is 0.529 bits per heavy atom. The highest BCUT2D eigenvalue weighted by molar-refractivity contribution is 6.31. The van der Waals surface area contributed by atoms with Crippen LogP contribution in [0, 0.1) is 0 Å². The number of benzene rings is 6. The van der Waals surface area contributed by atoms with Gasteiger partial charge >= 0.3 is 0 Å². The van der Waals surface area contributed by atoms with Gasteiger partial charge in [-0.25, -0.2) is 0 Å². The van der Waals surface area contributed by atoms with Crippen LogP contribution in [0.5, 0.6) is 0 Å². The summed E-state index contributed by atoms with van der Waals surface area (Å²) in [5.41, 5.74) is 33.3. The maximum Gasteiger partial charge on any atom is 0.0480 e. The van der Waals surface area contributed by atoms with E-state index in [0.29, 0.717) is 13.1 Å². The molecule has 4 heteroatoms. The Kier molecular flexibility index (Phi) is 4.66. The molecule has 0 saturated carbocycles. The summed E-state index contributed by atoms with van der Waals surface area (Å²) in [6.45, 7) is 0.947. The molecule has 0 atom stereocenters. The SMILES string of the molecule is NCc1cccc(-c2c(N)c3ccc4ccc(N)c5ccc(c2-c2cccc(CN)c2)c3c45)c1. The third-order valence-corrected chi connectivity index (χ3v) is 6.93. The first-order chi connectivity index (χ1) is 16.6. The van der Waals surface area contributed by atoms with Gasteiger partial charge in [-0.15, -0.1) is 0 Å². The van der Waals surface area contributed by atoms with Crippen LogP contribution < -0.4 is 22.9 Å². The van der Waals surface area contributed by atoms with Crippen LogP contribution in [0.15, 0.2) is 84.9 Å². The lowest BCUT2D eigenvalue weighted by molar-refractivity contribution is 1.07. The molecule has 0 bridgehead atoms. The zero-order valence-electron chi connectivity index (χ0n) is 18.8. The standard InChI is InChI=1S/C30H26N4/c31-15-17-3-1-5-20(13-17)27-23-11-10-22-25(33)12-8-19-7-9-24(29(23)26(19)22)30(34)28(27)21-6-2-4-18(14-21)16-32/h1-14H,15-16,31-34H2. The van der Waals surface area contributed by atoms with Crippen molar-refractivity contribution in [3.63, 3.8) is 0 Å². The minimum atomic E-state index is 0.472. The summed E-state index contributed by atoms with van der Waals surface area (Å²) < 4.78 is 0. The fourth-order valence-corrected chi connectivity index (χ4v) is 5.31. The molecule has 0 fully saturated rings. The zero-order chi connectivity index (χ0) is 23.4.